The van der Waals surface area contributed by atoms with Crippen molar-refractivity contribution in [2.45, 2.75) is 24.0 Å². The highest BCUT2D eigenvalue weighted by molar-refractivity contribution is 7.98. The average Bonchev–Trinajstić information content (AvgIpc) is 2.78. The fourth-order valence-corrected chi connectivity index (χ4v) is 2.87. The molecular formula is C11H12N2OS. The molecule has 3 rings (SSSR count). The van der Waals surface area contributed by atoms with E-state index in [0.29, 0.717) is 0 Å². The van der Waals surface area contributed by atoms with E-state index >= 15 is 0 Å². The van der Waals surface area contributed by atoms with Crippen LogP contribution in [-0.2, 0) is 6.42 Å². The summed E-state index contributed by atoms with van der Waals surface area (Å²) in [7, 11) is 0. The van der Waals surface area contributed by atoms with E-state index in [2.05, 4.69) is 11.1 Å². The van der Waals surface area contributed by atoms with Crippen molar-refractivity contribution in [1.29, 1.82) is 0 Å². The second-order valence-electron chi connectivity index (χ2n) is 3.80. The zero-order chi connectivity index (χ0) is 10.4. The van der Waals surface area contributed by atoms with Gasteiger partial charge in [0.2, 0.25) is 0 Å². The maximum atomic E-state index is 9.92. The minimum atomic E-state index is -0.356. The number of aryl methyl sites for hydroxylation is 1. The molecule has 15 heavy (non-hydrogen) atoms. The van der Waals surface area contributed by atoms with E-state index in [9.17, 15) is 5.11 Å². The van der Waals surface area contributed by atoms with Crippen molar-refractivity contribution in [3.05, 3.63) is 24.2 Å². The van der Waals surface area contributed by atoms with Gasteiger partial charge in [0.15, 0.2) is 0 Å². The van der Waals surface area contributed by atoms with Crippen molar-refractivity contribution in [1.82, 2.24) is 9.55 Å². The van der Waals surface area contributed by atoms with E-state index in [4.69, 9.17) is 0 Å². The van der Waals surface area contributed by atoms with Crippen LogP contribution in [0.25, 0.3) is 10.9 Å². The van der Waals surface area contributed by atoms with Crippen LogP contribution in [0.2, 0.25) is 0 Å². The van der Waals surface area contributed by atoms with Crippen molar-refractivity contribution in [2.24, 2.45) is 0 Å². The third-order valence-corrected chi connectivity index (χ3v) is 3.70. The van der Waals surface area contributed by atoms with Gasteiger partial charge in [0.25, 0.3) is 0 Å². The predicted molar refractivity (Wildman–Crippen MR) is 61.1 cm³/mol. The number of aliphatic hydroxyl groups excluding tert-OH is 1. The van der Waals surface area contributed by atoms with Crippen molar-refractivity contribution >= 4 is 22.7 Å². The first-order valence-corrected chi connectivity index (χ1v) is 6.23. The lowest BCUT2D eigenvalue weighted by molar-refractivity contribution is 0.117. The molecule has 0 fully saturated rings. The first kappa shape index (κ1) is 9.24. The number of aliphatic hydroxyl groups is 1. The van der Waals surface area contributed by atoms with Crippen molar-refractivity contribution in [3.63, 3.8) is 0 Å². The molecule has 0 saturated heterocycles. The summed E-state index contributed by atoms with van der Waals surface area (Å²) in [5.74, 6) is 0. The van der Waals surface area contributed by atoms with E-state index in [1.807, 2.05) is 23.2 Å². The van der Waals surface area contributed by atoms with Gasteiger partial charge in [-0.15, -0.1) is 11.8 Å². The van der Waals surface area contributed by atoms with Gasteiger partial charge in [0, 0.05) is 28.4 Å². The Hall–Kier alpha value is -1.00. The Kier molecular flexibility index (Phi) is 2.00. The van der Waals surface area contributed by atoms with Crippen LogP contribution in [0.1, 0.15) is 18.3 Å². The maximum absolute atomic E-state index is 9.92. The molecular weight excluding hydrogens is 208 g/mol. The molecule has 0 spiro atoms. The topological polar surface area (TPSA) is 38.0 Å². The quantitative estimate of drug-likeness (QED) is 0.749. The molecule has 0 saturated carbocycles. The number of pyridine rings is 1. The minimum absolute atomic E-state index is 0.356. The fraction of sp³-hybridized carbons (Fsp3) is 0.364. The molecule has 1 unspecified atom stereocenters. The first-order chi connectivity index (χ1) is 7.31. The molecule has 0 aromatic carbocycles. The highest BCUT2D eigenvalue weighted by Gasteiger charge is 2.23. The van der Waals surface area contributed by atoms with E-state index in [1.54, 1.807) is 11.8 Å². The maximum Gasteiger partial charge on any atom is 0.131 e. The van der Waals surface area contributed by atoms with E-state index < -0.39 is 0 Å². The minimum Gasteiger partial charge on any atom is -0.373 e. The van der Waals surface area contributed by atoms with Crippen LogP contribution in [-0.4, -0.2) is 20.9 Å². The zero-order valence-corrected chi connectivity index (χ0v) is 9.29. The van der Waals surface area contributed by atoms with Gasteiger partial charge in [-0.3, -0.25) is 4.98 Å². The Morgan fingerprint density at radius 2 is 2.40 bits per heavy atom. The van der Waals surface area contributed by atoms with E-state index in [1.165, 1.54) is 5.69 Å². The average molecular weight is 220 g/mol. The van der Waals surface area contributed by atoms with Gasteiger partial charge in [-0.25, -0.2) is 0 Å². The van der Waals surface area contributed by atoms with Crippen molar-refractivity contribution < 1.29 is 5.11 Å². The van der Waals surface area contributed by atoms with Gasteiger partial charge in [0.05, 0.1) is 5.52 Å². The standard InChI is InChI=1S/C11H12N2OS/c1-15-9-6-12-5-7-4-8-2-3-10(14)13(8)11(7)9/h4-6,10,14H,2-3H2,1H3. The summed E-state index contributed by atoms with van der Waals surface area (Å²) in [6.45, 7) is 0. The van der Waals surface area contributed by atoms with Crippen LogP contribution in [0.15, 0.2) is 23.4 Å². The monoisotopic (exact) mass is 220 g/mol. The fourth-order valence-electron chi connectivity index (χ4n) is 2.29. The SMILES string of the molecule is CSc1cncc2cc3n(c12)C(O)CC3. The molecule has 1 aliphatic heterocycles. The largest absolute Gasteiger partial charge is 0.373 e. The van der Waals surface area contributed by atoms with Crippen molar-refractivity contribution in [2.75, 3.05) is 6.26 Å². The molecule has 0 bridgehead atoms. The lowest BCUT2D eigenvalue weighted by Gasteiger charge is -2.09. The Balaban J connectivity index is 2.38. The molecule has 3 nitrogen and oxygen atoms in total. The van der Waals surface area contributed by atoms with Crippen LogP contribution in [0.5, 0.6) is 0 Å². The lowest BCUT2D eigenvalue weighted by atomic mass is 10.2. The third kappa shape index (κ3) is 1.21. The Morgan fingerprint density at radius 1 is 1.53 bits per heavy atom. The van der Waals surface area contributed by atoms with Crippen LogP contribution >= 0.6 is 11.8 Å². The molecule has 0 radical (unpaired) electrons. The van der Waals surface area contributed by atoms with Crippen molar-refractivity contribution in [3.8, 4) is 0 Å². The smallest absolute Gasteiger partial charge is 0.131 e. The number of thioether (sulfide) groups is 1. The molecule has 2 aromatic rings. The molecule has 1 atom stereocenters. The van der Waals surface area contributed by atoms with E-state index in [-0.39, 0.29) is 6.23 Å². The van der Waals surface area contributed by atoms with Crippen LogP contribution in [0, 0.1) is 0 Å². The number of hydrogen-bond acceptors (Lipinski definition) is 3. The number of rotatable bonds is 1. The van der Waals surface area contributed by atoms with Gasteiger partial charge in [-0.2, -0.15) is 0 Å². The summed E-state index contributed by atoms with van der Waals surface area (Å²) in [5, 5.41) is 11.1. The predicted octanol–water partition coefficient (Wildman–Crippen LogP) is 2.20. The summed E-state index contributed by atoms with van der Waals surface area (Å²) in [6.07, 6.45) is 7.21. The second-order valence-corrected chi connectivity index (χ2v) is 4.65. The van der Waals surface area contributed by atoms with Gasteiger partial charge >= 0.3 is 0 Å². The zero-order valence-electron chi connectivity index (χ0n) is 8.47. The summed E-state index contributed by atoms with van der Waals surface area (Å²) in [6, 6.07) is 2.14. The number of hydrogen-bond donors (Lipinski definition) is 1. The summed E-state index contributed by atoms with van der Waals surface area (Å²) in [4.78, 5) is 5.34. The molecule has 3 heterocycles. The number of nitrogens with zero attached hydrogens (tertiary/aromatic N) is 2. The Bertz CT molecular complexity index is 521. The van der Waals surface area contributed by atoms with Gasteiger partial charge in [-0.1, -0.05) is 0 Å². The summed E-state index contributed by atoms with van der Waals surface area (Å²) >= 11 is 1.68. The highest BCUT2D eigenvalue weighted by Crippen LogP contribution is 2.35. The molecule has 78 valence electrons. The molecule has 2 aromatic heterocycles. The van der Waals surface area contributed by atoms with Gasteiger partial charge in [-0.05, 0) is 25.2 Å². The third-order valence-electron chi connectivity index (χ3n) is 2.96. The molecule has 0 amide bonds. The number of aromatic nitrogens is 2. The van der Waals surface area contributed by atoms with Crippen LogP contribution < -0.4 is 0 Å². The van der Waals surface area contributed by atoms with Crippen LogP contribution in [0.4, 0.5) is 0 Å². The normalized spacial score (nSPS) is 19.7. The van der Waals surface area contributed by atoms with E-state index in [0.717, 1.165) is 28.6 Å². The molecule has 1 N–H and O–H groups in total. The number of fused-ring (bicyclic) bond motifs is 3. The Morgan fingerprint density at radius 3 is 3.20 bits per heavy atom. The van der Waals surface area contributed by atoms with Gasteiger partial charge in [0.1, 0.15) is 6.23 Å². The van der Waals surface area contributed by atoms with Crippen LogP contribution in [0.3, 0.4) is 0 Å². The van der Waals surface area contributed by atoms with Gasteiger partial charge < -0.3 is 9.67 Å². The molecule has 0 aliphatic carbocycles. The lowest BCUT2D eigenvalue weighted by Crippen LogP contribution is -2.02. The molecule has 4 heteroatoms. The summed E-state index contributed by atoms with van der Waals surface area (Å²) < 4.78 is 2.04. The second kappa shape index (κ2) is 3.25. The highest BCUT2D eigenvalue weighted by atomic mass is 32.2. The first-order valence-electron chi connectivity index (χ1n) is 5.01. The molecule has 1 aliphatic rings. The Labute approximate surface area is 92.1 Å². The summed E-state index contributed by atoms with van der Waals surface area (Å²) in [5.41, 5.74) is 2.36.